The first-order valence-corrected chi connectivity index (χ1v) is 7.97. The van der Waals surface area contributed by atoms with Gasteiger partial charge in [-0.05, 0) is 29.3 Å². The number of hydrogen-bond donors (Lipinski definition) is 1. The molecule has 0 spiro atoms. The molecule has 2 rings (SSSR count). The summed E-state index contributed by atoms with van der Waals surface area (Å²) in [6, 6.07) is 4.34. The van der Waals surface area contributed by atoms with Gasteiger partial charge < -0.3 is 0 Å². The van der Waals surface area contributed by atoms with Crippen LogP contribution in [-0.2, 0) is 0 Å². The zero-order valence-corrected chi connectivity index (χ0v) is 15.3. The Hall–Kier alpha value is -2.33. The molecule has 0 saturated heterocycles. The molecule has 0 aliphatic carbocycles. The van der Waals surface area contributed by atoms with Gasteiger partial charge in [-0.15, -0.1) is 0 Å². The van der Waals surface area contributed by atoms with E-state index in [0.717, 1.165) is 24.3 Å². The summed E-state index contributed by atoms with van der Waals surface area (Å²) in [4.78, 5) is 34.0. The van der Waals surface area contributed by atoms with Crippen molar-refractivity contribution < 1.29 is 14.8 Å². The molecule has 26 heavy (non-hydrogen) atoms. The predicted molar refractivity (Wildman–Crippen MR) is 98.1 cm³/mol. The Morgan fingerprint density at radius 1 is 0.962 bits per heavy atom. The van der Waals surface area contributed by atoms with Crippen LogP contribution in [0.25, 0.3) is 0 Å². The SMILES string of the molecule is O=C(Nc1ccc(Cl)cc1[N+](=O)[O-])N(c1c(Cl)cc(Cl)cc1Cl)[N+](=O)[O-]. The standard InChI is InChI=1S/C13H6Cl4N4O5/c14-6-1-2-10(11(5-6)20(23)24)18-13(22)19(21(25)26)12-8(16)3-7(15)4-9(12)17/h1-5H,(H,18,22). The smallest absolute Gasteiger partial charge is 0.297 e. The summed E-state index contributed by atoms with van der Waals surface area (Å²) in [6.45, 7) is 0. The average Bonchev–Trinajstić information content (AvgIpc) is 2.51. The summed E-state index contributed by atoms with van der Waals surface area (Å²) in [5.74, 6) is 0. The molecule has 0 aliphatic heterocycles. The van der Waals surface area contributed by atoms with E-state index in [2.05, 4.69) is 5.32 Å². The first kappa shape index (κ1) is 20.0. The molecule has 0 saturated carbocycles. The third-order valence-corrected chi connectivity index (χ3v) is 3.98. The average molecular weight is 440 g/mol. The van der Waals surface area contributed by atoms with Crippen molar-refractivity contribution in [1.29, 1.82) is 0 Å². The van der Waals surface area contributed by atoms with Crippen LogP contribution in [0.1, 0.15) is 0 Å². The van der Waals surface area contributed by atoms with E-state index in [9.17, 15) is 25.0 Å². The van der Waals surface area contributed by atoms with Crippen molar-refractivity contribution in [2.24, 2.45) is 0 Å². The highest BCUT2D eigenvalue weighted by atomic mass is 35.5. The second kappa shape index (κ2) is 7.92. The van der Waals surface area contributed by atoms with Crippen LogP contribution in [0.4, 0.5) is 21.9 Å². The zero-order valence-electron chi connectivity index (χ0n) is 12.3. The molecule has 13 heteroatoms. The number of hydrogen-bond acceptors (Lipinski definition) is 5. The van der Waals surface area contributed by atoms with Crippen LogP contribution in [0.15, 0.2) is 30.3 Å². The number of anilines is 2. The van der Waals surface area contributed by atoms with Gasteiger partial charge >= 0.3 is 6.03 Å². The van der Waals surface area contributed by atoms with Gasteiger partial charge in [-0.25, -0.2) is 14.9 Å². The summed E-state index contributed by atoms with van der Waals surface area (Å²) in [6.07, 6.45) is 0. The molecule has 0 aromatic heterocycles. The first-order chi connectivity index (χ1) is 12.1. The van der Waals surface area contributed by atoms with Gasteiger partial charge in [0.1, 0.15) is 5.69 Å². The van der Waals surface area contributed by atoms with E-state index in [-0.39, 0.29) is 30.8 Å². The highest BCUT2D eigenvalue weighted by molar-refractivity contribution is 6.42. The molecular formula is C13H6Cl4N4O5. The normalized spacial score (nSPS) is 10.3. The van der Waals surface area contributed by atoms with Crippen LogP contribution in [0, 0.1) is 20.2 Å². The molecule has 0 bridgehead atoms. The van der Waals surface area contributed by atoms with Gasteiger partial charge in [-0.1, -0.05) is 46.4 Å². The van der Waals surface area contributed by atoms with E-state index < -0.39 is 27.4 Å². The number of urea groups is 1. The van der Waals surface area contributed by atoms with Gasteiger partial charge in [0, 0.05) is 16.1 Å². The highest BCUT2D eigenvalue weighted by Crippen LogP contribution is 2.37. The maximum Gasteiger partial charge on any atom is 0.386 e. The number of rotatable bonds is 4. The summed E-state index contributed by atoms with van der Waals surface area (Å²) in [5, 5.41) is 23.0. The Morgan fingerprint density at radius 2 is 1.54 bits per heavy atom. The van der Waals surface area contributed by atoms with Gasteiger partial charge in [0.15, 0.2) is 10.7 Å². The fourth-order valence-electron chi connectivity index (χ4n) is 1.92. The lowest BCUT2D eigenvalue weighted by Gasteiger charge is -2.16. The lowest BCUT2D eigenvalue weighted by molar-refractivity contribution is -0.481. The minimum Gasteiger partial charge on any atom is -0.297 e. The summed E-state index contributed by atoms with van der Waals surface area (Å²) in [5.41, 5.74) is -1.31. The minimum atomic E-state index is -1.34. The number of nitro groups is 2. The monoisotopic (exact) mass is 438 g/mol. The number of amides is 2. The Kier molecular flexibility index (Phi) is 6.09. The van der Waals surface area contributed by atoms with Gasteiger partial charge in [0.2, 0.25) is 0 Å². The molecule has 2 aromatic rings. The molecule has 9 nitrogen and oxygen atoms in total. The van der Waals surface area contributed by atoms with Crippen molar-refractivity contribution in [3.8, 4) is 0 Å². The zero-order chi connectivity index (χ0) is 19.6. The Morgan fingerprint density at radius 3 is 2.04 bits per heavy atom. The maximum atomic E-state index is 12.4. The fraction of sp³-hybridized carbons (Fsp3) is 0. The molecule has 2 amide bonds. The highest BCUT2D eigenvalue weighted by Gasteiger charge is 2.33. The maximum absolute atomic E-state index is 12.4. The van der Waals surface area contributed by atoms with E-state index in [0.29, 0.717) is 0 Å². The molecule has 0 aliphatic rings. The number of nitrogens with one attached hydrogen (secondary N) is 1. The van der Waals surface area contributed by atoms with Gasteiger partial charge in [-0.3, -0.25) is 15.4 Å². The molecule has 2 aromatic carbocycles. The van der Waals surface area contributed by atoms with Crippen molar-refractivity contribution in [3.63, 3.8) is 0 Å². The lowest BCUT2D eigenvalue weighted by atomic mass is 10.2. The van der Waals surface area contributed by atoms with Crippen LogP contribution >= 0.6 is 46.4 Å². The largest absolute Gasteiger partial charge is 0.386 e. The lowest BCUT2D eigenvalue weighted by Crippen LogP contribution is -2.40. The van der Waals surface area contributed by atoms with E-state index in [1.165, 1.54) is 6.07 Å². The number of halogens is 4. The van der Waals surface area contributed by atoms with Crippen LogP contribution in [0.3, 0.4) is 0 Å². The summed E-state index contributed by atoms with van der Waals surface area (Å²) in [7, 11) is 0. The number of carbonyl (C=O) groups is 1. The van der Waals surface area contributed by atoms with Crippen LogP contribution in [0.2, 0.25) is 20.1 Å². The van der Waals surface area contributed by atoms with Crippen LogP contribution < -0.4 is 10.3 Å². The van der Waals surface area contributed by atoms with E-state index >= 15 is 0 Å². The van der Waals surface area contributed by atoms with Crippen molar-refractivity contribution in [2.75, 3.05) is 10.3 Å². The molecule has 0 atom stereocenters. The third-order valence-electron chi connectivity index (χ3n) is 2.95. The van der Waals surface area contributed by atoms with Crippen molar-refractivity contribution in [1.82, 2.24) is 0 Å². The van der Waals surface area contributed by atoms with Crippen molar-refractivity contribution >= 4 is 69.5 Å². The van der Waals surface area contributed by atoms with Gasteiger partial charge in [0.05, 0.1) is 15.0 Å². The van der Waals surface area contributed by atoms with Crippen LogP contribution in [0.5, 0.6) is 0 Å². The number of benzene rings is 2. The Balaban J connectivity index is 2.47. The van der Waals surface area contributed by atoms with E-state index in [1.807, 2.05) is 0 Å². The Labute approximate surface area is 165 Å². The molecule has 1 N–H and O–H groups in total. The van der Waals surface area contributed by atoms with E-state index in [1.54, 1.807) is 0 Å². The van der Waals surface area contributed by atoms with Gasteiger partial charge in [0.25, 0.3) is 5.69 Å². The van der Waals surface area contributed by atoms with Crippen molar-refractivity contribution in [3.05, 3.63) is 70.7 Å². The quantitative estimate of drug-likeness (QED) is 0.502. The number of nitro benzene ring substituents is 1. The summed E-state index contributed by atoms with van der Waals surface area (Å²) >= 11 is 23.2. The molecule has 0 unspecified atom stereocenters. The van der Waals surface area contributed by atoms with Crippen LogP contribution in [-0.4, -0.2) is 16.0 Å². The van der Waals surface area contributed by atoms with Crippen molar-refractivity contribution in [2.45, 2.75) is 0 Å². The minimum absolute atomic E-state index is 0.0132. The molecule has 0 fully saturated rings. The molecule has 136 valence electrons. The Bertz CT molecular complexity index is 900. The second-order valence-corrected chi connectivity index (χ2v) is 6.30. The first-order valence-electron chi connectivity index (χ1n) is 6.45. The number of carbonyl (C=O) groups excluding carboxylic acids is 1. The fourth-order valence-corrected chi connectivity index (χ4v) is 3.07. The predicted octanol–water partition coefficient (Wildman–Crippen LogP) is 5.44. The second-order valence-electron chi connectivity index (χ2n) is 4.62. The molecular weight excluding hydrogens is 434 g/mol. The third kappa shape index (κ3) is 4.25. The topological polar surface area (TPSA) is 119 Å². The molecule has 0 radical (unpaired) electrons. The van der Waals surface area contributed by atoms with Gasteiger partial charge in [-0.2, -0.15) is 0 Å². The van der Waals surface area contributed by atoms with E-state index in [4.69, 9.17) is 46.4 Å². The summed E-state index contributed by atoms with van der Waals surface area (Å²) < 4.78 is 0. The number of nitrogens with zero attached hydrogens (tertiary/aromatic N) is 3. The molecule has 0 heterocycles. The number of hydrazine groups is 1.